The molecule has 0 aromatic rings. The van der Waals surface area contributed by atoms with Crippen molar-refractivity contribution < 1.29 is 41.7 Å². The third kappa shape index (κ3) is 4.10. The van der Waals surface area contributed by atoms with Gasteiger partial charge in [0.1, 0.15) is 0 Å². The molecule has 0 N–H and O–H groups in total. The molecule has 0 radical (unpaired) electrons. The fraction of sp³-hybridized carbons (Fsp3) is 0.714. The molecule has 0 aliphatic heterocycles. The van der Waals surface area contributed by atoms with E-state index in [-0.39, 0.29) is 43.7 Å². The van der Waals surface area contributed by atoms with Gasteiger partial charge in [-0.3, -0.25) is 0 Å². The molecule has 1 rings (SSSR count). The van der Waals surface area contributed by atoms with Gasteiger partial charge in [-0.25, -0.2) is 0 Å². The predicted octanol–water partition coefficient (Wildman–Crippen LogP) is -2.57. The molecule has 0 aromatic heterocycles. The molecule has 2 nitrogen and oxygen atoms in total. The SMILES string of the molecule is COC1CCCC=C1[O-].[Cl-].[Zn+2]. The van der Waals surface area contributed by atoms with Crippen molar-refractivity contribution in [2.45, 2.75) is 25.4 Å². The summed E-state index contributed by atoms with van der Waals surface area (Å²) in [7, 11) is 1.59. The normalized spacial score (nSPS) is 22.6. The molecule has 0 aromatic carbocycles. The standard InChI is InChI=1S/C7H12O2.ClH.Zn/c1-9-7-5-3-2-4-6(7)8;;/h4,7-8H,2-3,5H2,1H3;1H;/q;;+2/p-2. The van der Waals surface area contributed by atoms with Crippen LogP contribution in [0.3, 0.4) is 0 Å². The Morgan fingerprint density at radius 2 is 2.27 bits per heavy atom. The summed E-state index contributed by atoms with van der Waals surface area (Å²) < 4.78 is 4.92. The topological polar surface area (TPSA) is 32.3 Å². The third-order valence-corrected chi connectivity index (χ3v) is 1.62. The largest absolute Gasteiger partial charge is 2.00 e. The first-order valence-corrected chi connectivity index (χ1v) is 3.24. The van der Waals surface area contributed by atoms with Gasteiger partial charge in [0.25, 0.3) is 0 Å². The minimum absolute atomic E-state index is 0. The van der Waals surface area contributed by atoms with E-state index in [0.717, 1.165) is 19.3 Å². The number of ether oxygens (including phenoxy) is 1. The molecule has 4 heteroatoms. The second-order valence-corrected chi connectivity index (χ2v) is 2.26. The molecule has 1 aliphatic rings. The van der Waals surface area contributed by atoms with Crippen molar-refractivity contribution in [3.8, 4) is 0 Å². The summed E-state index contributed by atoms with van der Waals surface area (Å²) in [5.41, 5.74) is 0. The van der Waals surface area contributed by atoms with E-state index in [4.69, 9.17) is 4.74 Å². The number of hydrogen-bond donors (Lipinski definition) is 0. The number of hydrogen-bond acceptors (Lipinski definition) is 2. The van der Waals surface area contributed by atoms with Crippen LogP contribution in [-0.4, -0.2) is 13.2 Å². The maximum atomic E-state index is 10.8. The maximum absolute atomic E-state index is 10.8. The van der Waals surface area contributed by atoms with Crippen LogP contribution in [-0.2, 0) is 24.2 Å². The molecular weight excluding hydrogens is 217 g/mol. The molecule has 60 valence electrons. The van der Waals surface area contributed by atoms with Crippen LogP contribution in [0.4, 0.5) is 0 Å². The monoisotopic (exact) mass is 226 g/mol. The molecule has 1 atom stereocenters. The van der Waals surface area contributed by atoms with Gasteiger partial charge in [-0.05, 0) is 19.3 Å². The van der Waals surface area contributed by atoms with Gasteiger partial charge in [-0.15, -0.1) is 5.76 Å². The third-order valence-electron chi connectivity index (χ3n) is 1.62. The second kappa shape index (κ2) is 7.08. The van der Waals surface area contributed by atoms with Gasteiger partial charge in [-0.2, -0.15) is 0 Å². The van der Waals surface area contributed by atoms with E-state index < -0.39 is 0 Å². The molecule has 0 spiro atoms. The van der Waals surface area contributed by atoms with E-state index in [1.165, 1.54) is 0 Å². The summed E-state index contributed by atoms with van der Waals surface area (Å²) in [5.74, 6) is 0.156. The number of halogens is 1. The first kappa shape index (κ1) is 14.0. The minimum Gasteiger partial charge on any atom is -1.00 e. The van der Waals surface area contributed by atoms with Gasteiger partial charge in [0.15, 0.2) is 0 Å². The van der Waals surface area contributed by atoms with Crippen LogP contribution in [0.5, 0.6) is 0 Å². The minimum atomic E-state index is -0.140. The second-order valence-electron chi connectivity index (χ2n) is 2.26. The Hall–Kier alpha value is 0.413. The van der Waals surface area contributed by atoms with Crippen LogP contribution < -0.4 is 17.5 Å². The average molecular weight is 228 g/mol. The van der Waals surface area contributed by atoms with Crippen molar-refractivity contribution in [3.63, 3.8) is 0 Å². The van der Waals surface area contributed by atoms with Crippen molar-refractivity contribution in [2.24, 2.45) is 0 Å². The Labute approximate surface area is 86.2 Å². The van der Waals surface area contributed by atoms with E-state index in [2.05, 4.69) is 0 Å². The molecule has 0 amide bonds. The molecule has 0 saturated carbocycles. The van der Waals surface area contributed by atoms with Crippen molar-refractivity contribution in [2.75, 3.05) is 7.11 Å². The van der Waals surface area contributed by atoms with Gasteiger partial charge in [-0.1, -0.05) is 6.08 Å². The van der Waals surface area contributed by atoms with Crippen LogP contribution in [0, 0.1) is 0 Å². The summed E-state index contributed by atoms with van der Waals surface area (Å²) in [6.45, 7) is 0. The number of allylic oxidation sites excluding steroid dienone is 1. The zero-order valence-corrected chi connectivity index (χ0v) is 10.4. The molecular formula is C7H11ClO2Zn. The van der Waals surface area contributed by atoms with E-state index in [1.54, 1.807) is 13.2 Å². The van der Waals surface area contributed by atoms with Gasteiger partial charge in [0, 0.05) is 7.11 Å². The first-order chi connectivity index (χ1) is 4.34. The first-order valence-electron chi connectivity index (χ1n) is 3.24. The molecule has 0 heterocycles. The summed E-state index contributed by atoms with van der Waals surface area (Å²) in [6, 6.07) is 0. The summed E-state index contributed by atoms with van der Waals surface area (Å²) in [4.78, 5) is 0. The molecule has 11 heavy (non-hydrogen) atoms. The Balaban J connectivity index is 0. The Morgan fingerprint density at radius 3 is 2.64 bits per heavy atom. The van der Waals surface area contributed by atoms with Crippen molar-refractivity contribution >= 4 is 0 Å². The smallest absolute Gasteiger partial charge is 1.00 e. The summed E-state index contributed by atoms with van der Waals surface area (Å²) in [6.07, 6.45) is 4.49. The summed E-state index contributed by atoms with van der Waals surface area (Å²) >= 11 is 0. The molecule has 0 fully saturated rings. The summed E-state index contributed by atoms with van der Waals surface area (Å²) in [5, 5.41) is 10.8. The zero-order valence-electron chi connectivity index (χ0n) is 6.68. The van der Waals surface area contributed by atoms with Crippen LogP contribution in [0.2, 0.25) is 0 Å². The number of methoxy groups -OCH3 is 1. The van der Waals surface area contributed by atoms with Crippen LogP contribution in [0.25, 0.3) is 0 Å². The van der Waals surface area contributed by atoms with E-state index in [1.807, 2.05) is 0 Å². The van der Waals surface area contributed by atoms with E-state index >= 15 is 0 Å². The fourth-order valence-corrected chi connectivity index (χ4v) is 1.06. The average Bonchev–Trinajstić information content (AvgIpc) is 1.89. The Kier molecular flexibility index (Phi) is 8.99. The van der Waals surface area contributed by atoms with Crippen molar-refractivity contribution in [3.05, 3.63) is 11.8 Å². The van der Waals surface area contributed by atoms with Gasteiger partial charge >= 0.3 is 19.5 Å². The zero-order chi connectivity index (χ0) is 6.69. The van der Waals surface area contributed by atoms with E-state index in [9.17, 15) is 5.11 Å². The van der Waals surface area contributed by atoms with Gasteiger partial charge < -0.3 is 22.3 Å². The van der Waals surface area contributed by atoms with Crippen molar-refractivity contribution in [1.82, 2.24) is 0 Å². The Bertz CT molecular complexity index is 128. The van der Waals surface area contributed by atoms with Crippen LogP contribution >= 0.6 is 0 Å². The predicted molar refractivity (Wildman–Crippen MR) is 32.7 cm³/mol. The van der Waals surface area contributed by atoms with Crippen LogP contribution in [0.15, 0.2) is 11.8 Å². The van der Waals surface area contributed by atoms with Gasteiger partial charge in [0.05, 0.1) is 6.10 Å². The molecule has 1 unspecified atom stereocenters. The fourth-order valence-electron chi connectivity index (χ4n) is 1.06. The van der Waals surface area contributed by atoms with Gasteiger partial charge in [0.2, 0.25) is 0 Å². The van der Waals surface area contributed by atoms with E-state index in [0.29, 0.717) is 0 Å². The molecule has 1 aliphatic carbocycles. The molecule has 0 saturated heterocycles. The van der Waals surface area contributed by atoms with Crippen molar-refractivity contribution in [1.29, 1.82) is 0 Å². The quantitative estimate of drug-likeness (QED) is 0.462. The molecule has 0 bridgehead atoms. The number of rotatable bonds is 1. The Morgan fingerprint density at radius 1 is 1.64 bits per heavy atom. The van der Waals surface area contributed by atoms with Crippen LogP contribution in [0.1, 0.15) is 19.3 Å². The maximum Gasteiger partial charge on any atom is 2.00 e.